The Morgan fingerprint density at radius 3 is 2.29 bits per heavy atom. The molecule has 4 heteroatoms. The van der Waals surface area contributed by atoms with Gasteiger partial charge in [-0.2, -0.15) is 0 Å². The summed E-state index contributed by atoms with van der Waals surface area (Å²) in [4.78, 5) is 7.31. The van der Waals surface area contributed by atoms with E-state index in [2.05, 4.69) is 37.3 Å². The van der Waals surface area contributed by atoms with E-state index in [1.807, 2.05) is 0 Å². The topological polar surface area (TPSA) is 18.8 Å². The molecular formula is C13H26N3P. The largest absolute Gasteiger partial charge is 0.342 e. The first-order valence-electron chi connectivity index (χ1n) is 6.96. The van der Waals surface area contributed by atoms with Gasteiger partial charge in [0.05, 0.1) is 0 Å². The van der Waals surface area contributed by atoms with Crippen LogP contribution < -0.4 is 0 Å². The van der Waals surface area contributed by atoms with Crippen molar-refractivity contribution in [3.63, 3.8) is 0 Å². The lowest BCUT2D eigenvalue weighted by molar-refractivity contribution is 0.303. The van der Waals surface area contributed by atoms with Crippen LogP contribution in [-0.4, -0.2) is 53.0 Å². The number of fused-ring (bicyclic) bond motifs is 1. The van der Waals surface area contributed by atoms with Gasteiger partial charge in [-0.15, -0.1) is 0 Å². The maximum atomic E-state index is 4.80. The van der Waals surface area contributed by atoms with Gasteiger partial charge in [0.15, 0.2) is 5.96 Å². The second-order valence-electron chi connectivity index (χ2n) is 5.57. The summed E-state index contributed by atoms with van der Waals surface area (Å²) in [5, 5.41) is 0. The molecule has 0 N–H and O–H groups in total. The van der Waals surface area contributed by atoms with Gasteiger partial charge in [0.25, 0.3) is 0 Å². The van der Waals surface area contributed by atoms with Crippen molar-refractivity contribution in [2.24, 2.45) is 4.99 Å². The quantitative estimate of drug-likeness (QED) is 0.722. The fourth-order valence-electron chi connectivity index (χ4n) is 2.98. The first-order valence-corrected chi connectivity index (χ1v) is 8.39. The van der Waals surface area contributed by atoms with Crippen LogP contribution in [0.25, 0.3) is 0 Å². The van der Waals surface area contributed by atoms with Crippen LogP contribution in [0, 0.1) is 0 Å². The van der Waals surface area contributed by atoms with E-state index in [1.165, 1.54) is 38.4 Å². The maximum Gasteiger partial charge on any atom is 0.199 e. The molecule has 2 aliphatic rings. The Balaban J connectivity index is 2.20. The molecule has 0 radical (unpaired) electrons. The van der Waals surface area contributed by atoms with Gasteiger partial charge >= 0.3 is 0 Å². The Morgan fingerprint density at radius 1 is 1.00 bits per heavy atom. The molecule has 0 unspecified atom stereocenters. The van der Waals surface area contributed by atoms with E-state index >= 15 is 0 Å². The molecule has 1 saturated heterocycles. The van der Waals surface area contributed by atoms with E-state index in [0.29, 0.717) is 0 Å². The number of guanidine groups is 1. The second kappa shape index (κ2) is 5.56. The van der Waals surface area contributed by atoms with Gasteiger partial charge in [-0.1, -0.05) is 27.7 Å². The van der Waals surface area contributed by atoms with Crippen LogP contribution in [0.1, 0.15) is 40.5 Å². The van der Waals surface area contributed by atoms with Crippen molar-refractivity contribution in [3.05, 3.63) is 0 Å². The van der Waals surface area contributed by atoms with E-state index in [1.54, 1.807) is 0 Å². The summed E-state index contributed by atoms with van der Waals surface area (Å²) in [6.07, 6.45) is 2.54. The Labute approximate surface area is 107 Å². The number of nitrogens with zero attached hydrogens (tertiary/aromatic N) is 3. The van der Waals surface area contributed by atoms with Gasteiger partial charge < -0.3 is 9.57 Å². The zero-order valence-corrected chi connectivity index (χ0v) is 12.6. The molecule has 2 rings (SSSR count). The average molecular weight is 255 g/mol. The minimum Gasteiger partial charge on any atom is -0.342 e. The van der Waals surface area contributed by atoms with Crippen molar-refractivity contribution >= 4 is 14.0 Å². The third-order valence-corrected chi connectivity index (χ3v) is 6.54. The van der Waals surface area contributed by atoms with Crippen LogP contribution >= 0.6 is 8.07 Å². The number of aliphatic imine (C=N–C) groups is 1. The summed E-state index contributed by atoms with van der Waals surface area (Å²) < 4.78 is 2.65. The van der Waals surface area contributed by atoms with Crippen LogP contribution in [0.15, 0.2) is 4.99 Å². The standard InChI is InChI=1S/C13H26N3P/c1-11(2)17(12(3)4)16-10-6-9-15-8-5-7-14-13(15)16/h11-12H,5-10H2,1-4H3. The Bertz CT molecular complexity index is 280. The lowest BCUT2D eigenvalue weighted by atomic mass is 10.2. The molecule has 17 heavy (non-hydrogen) atoms. The minimum absolute atomic E-state index is 0.0795. The van der Waals surface area contributed by atoms with Gasteiger partial charge in [-0.25, -0.2) is 0 Å². The van der Waals surface area contributed by atoms with Crippen molar-refractivity contribution in [1.82, 2.24) is 9.57 Å². The van der Waals surface area contributed by atoms with Gasteiger partial charge in [-0.3, -0.25) is 4.99 Å². The van der Waals surface area contributed by atoms with E-state index in [9.17, 15) is 0 Å². The number of rotatable bonds is 3. The molecule has 0 atom stereocenters. The van der Waals surface area contributed by atoms with Crippen LogP contribution in [-0.2, 0) is 0 Å². The summed E-state index contributed by atoms with van der Waals surface area (Å²) in [6, 6.07) is 0. The third-order valence-electron chi connectivity index (χ3n) is 3.49. The van der Waals surface area contributed by atoms with E-state index in [4.69, 9.17) is 4.99 Å². The molecule has 98 valence electrons. The Hall–Kier alpha value is -0.300. The van der Waals surface area contributed by atoms with E-state index in [0.717, 1.165) is 17.9 Å². The van der Waals surface area contributed by atoms with Crippen molar-refractivity contribution in [2.45, 2.75) is 51.9 Å². The van der Waals surface area contributed by atoms with Crippen molar-refractivity contribution in [1.29, 1.82) is 0 Å². The SMILES string of the molecule is CC(C)P(C(C)C)N1CCCN2CCCN=C21. The summed E-state index contributed by atoms with van der Waals surface area (Å²) in [7, 11) is -0.0795. The molecule has 0 amide bonds. The van der Waals surface area contributed by atoms with Crippen molar-refractivity contribution in [3.8, 4) is 0 Å². The summed E-state index contributed by atoms with van der Waals surface area (Å²) in [6.45, 7) is 14.2. The van der Waals surface area contributed by atoms with Crippen LogP contribution in [0.4, 0.5) is 0 Å². The molecular weight excluding hydrogens is 229 g/mol. The van der Waals surface area contributed by atoms with Gasteiger partial charge in [0.1, 0.15) is 0 Å². The average Bonchev–Trinajstić information content (AvgIpc) is 2.28. The predicted octanol–water partition coefficient (Wildman–Crippen LogP) is 2.97. The van der Waals surface area contributed by atoms with E-state index < -0.39 is 0 Å². The smallest absolute Gasteiger partial charge is 0.199 e. The van der Waals surface area contributed by atoms with Gasteiger partial charge in [0.2, 0.25) is 0 Å². The normalized spacial score (nSPS) is 21.2. The molecule has 0 saturated carbocycles. The maximum absolute atomic E-state index is 4.80. The molecule has 1 fully saturated rings. The highest BCUT2D eigenvalue weighted by molar-refractivity contribution is 7.57. The fraction of sp³-hybridized carbons (Fsp3) is 0.923. The monoisotopic (exact) mass is 255 g/mol. The Kier molecular flexibility index (Phi) is 4.30. The molecule has 0 bridgehead atoms. The highest BCUT2D eigenvalue weighted by Crippen LogP contribution is 2.50. The molecule has 3 nitrogen and oxygen atoms in total. The molecule has 0 spiro atoms. The summed E-state index contributed by atoms with van der Waals surface area (Å²) in [5.41, 5.74) is 1.52. The van der Waals surface area contributed by atoms with Gasteiger partial charge in [0, 0.05) is 26.2 Å². The molecule has 0 aromatic heterocycles. The molecule has 2 aliphatic heterocycles. The minimum atomic E-state index is -0.0795. The molecule has 0 aromatic carbocycles. The van der Waals surface area contributed by atoms with Crippen molar-refractivity contribution in [2.75, 3.05) is 26.2 Å². The number of hydrogen-bond acceptors (Lipinski definition) is 3. The zero-order valence-electron chi connectivity index (χ0n) is 11.7. The third kappa shape index (κ3) is 2.76. The molecule has 0 aliphatic carbocycles. The molecule has 0 aromatic rings. The predicted molar refractivity (Wildman–Crippen MR) is 77.0 cm³/mol. The second-order valence-corrected chi connectivity index (χ2v) is 8.87. The fourth-order valence-corrected chi connectivity index (χ4v) is 6.06. The lowest BCUT2D eigenvalue weighted by Crippen LogP contribution is -2.51. The van der Waals surface area contributed by atoms with Gasteiger partial charge in [-0.05, 0) is 32.2 Å². The first-order chi connectivity index (χ1) is 8.11. The van der Waals surface area contributed by atoms with Crippen molar-refractivity contribution < 1.29 is 0 Å². The zero-order chi connectivity index (χ0) is 12.4. The Morgan fingerprint density at radius 2 is 1.65 bits per heavy atom. The summed E-state index contributed by atoms with van der Waals surface area (Å²) in [5.74, 6) is 1.32. The van der Waals surface area contributed by atoms with Crippen LogP contribution in [0.3, 0.4) is 0 Å². The van der Waals surface area contributed by atoms with Crippen LogP contribution in [0.2, 0.25) is 0 Å². The van der Waals surface area contributed by atoms with E-state index in [-0.39, 0.29) is 8.07 Å². The first kappa shape index (κ1) is 13.1. The lowest BCUT2D eigenvalue weighted by Gasteiger charge is -2.47. The molecule has 2 heterocycles. The summed E-state index contributed by atoms with van der Waals surface area (Å²) >= 11 is 0. The highest BCUT2D eigenvalue weighted by Gasteiger charge is 2.33. The van der Waals surface area contributed by atoms with Crippen LogP contribution in [0.5, 0.6) is 0 Å². The highest BCUT2D eigenvalue weighted by atomic mass is 31.1. The number of hydrogen-bond donors (Lipinski definition) is 0.